The third-order valence-electron chi connectivity index (χ3n) is 1.98. The Bertz CT molecular complexity index is 457. The molecule has 0 unspecified atom stereocenters. The highest BCUT2D eigenvalue weighted by Gasteiger charge is 2.03. The Morgan fingerprint density at radius 1 is 0.867 bits per heavy atom. The summed E-state index contributed by atoms with van der Waals surface area (Å²) in [5, 5.41) is 0.585. The Morgan fingerprint density at radius 2 is 1.40 bits per heavy atom. The van der Waals surface area contributed by atoms with E-state index in [1.54, 1.807) is 24.3 Å². The maximum absolute atomic E-state index is 12.9. The van der Waals surface area contributed by atoms with E-state index in [-0.39, 0.29) is 0 Å². The van der Waals surface area contributed by atoms with Crippen molar-refractivity contribution in [3.8, 4) is 11.1 Å². The Kier molecular flexibility index (Phi) is 2.69. The van der Waals surface area contributed by atoms with Gasteiger partial charge >= 0.3 is 0 Å². The van der Waals surface area contributed by atoms with Gasteiger partial charge in [-0.1, -0.05) is 23.7 Å². The third kappa shape index (κ3) is 2.34. The van der Waals surface area contributed by atoms with Crippen LogP contribution in [-0.2, 0) is 0 Å². The lowest BCUT2D eigenvalue weighted by Crippen LogP contribution is -1.84. The minimum atomic E-state index is -0.708. The highest BCUT2D eigenvalue weighted by molar-refractivity contribution is 6.30. The Labute approximate surface area is 91.1 Å². The van der Waals surface area contributed by atoms with Crippen molar-refractivity contribution in [2.75, 3.05) is 0 Å². The third-order valence-corrected chi connectivity index (χ3v) is 2.23. The second-order valence-corrected chi connectivity index (χ2v) is 3.51. The second-order valence-electron chi connectivity index (χ2n) is 3.07. The first-order valence-corrected chi connectivity index (χ1v) is 4.67. The molecule has 0 aliphatic heterocycles. The lowest BCUT2D eigenvalue weighted by molar-refractivity contribution is 0.580. The summed E-state index contributed by atoms with van der Waals surface area (Å²) in [4.78, 5) is 0. The molecular weight excluding hydrogens is 218 g/mol. The molecule has 2 aromatic carbocycles. The molecule has 1 radical (unpaired) electrons. The predicted molar refractivity (Wildman–Crippen MR) is 55.6 cm³/mol. The fraction of sp³-hybridized carbons (Fsp3) is 0. The molecule has 0 aliphatic rings. The van der Waals surface area contributed by atoms with Crippen molar-refractivity contribution < 1.29 is 8.78 Å². The van der Waals surface area contributed by atoms with E-state index in [1.807, 2.05) is 6.07 Å². The van der Waals surface area contributed by atoms with Gasteiger partial charge in [0.15, 0.2) is 0 Å². The molecule has 75 valence electrons. The largest absolute Gasteiger partial charge is 0.206 e. The van der Waals surface area contributed by atoms with Crippen molar-refractivity contribution in [2.24, 2.45) is 0 Å². The van der Waals surface area contributed by atoms with Gasteiger partial charge in [-0.15, -0.1) is 0 Å². The molecule has 2 aromatic rings. The van der Waals surface area contributed by atoms with Crippen LogP contribution >= 0.6 is 11.6 Å². The highest BCUT2D eigenvalue weighted by Crippen LogP contribution is 2.22. The van der Waals surface area contributed by atoms with Crippen LogP contribution < -0.4 is 0 Å². The van der Waals surface area contributed by atoms with Crippen molar-refractivity contribution in [3.63, 3.8) is 0 Å². The van der Waals surface area contributed by atoms with E-state index in [4.69, 9.17) is 11.6 Å². The summed E-state index contributed by atoms with van der Waals surface area (Å²) in [5.41, 5.74) is 1.19. The molecule has 2 rings (SSSR count). The smallest absolute Gasteiger partial charge is 0.134 e. The van der Waals surface area contributed by atoms with Crippen molar-refractivity contribution in [1.82, 2.24) is 0 Å². The van der Waals surface area contributed by atoms with Crippen LogP contribution in [0.2, 0.25) is 5.02 Å². The molecule has 0 aromatic heterocycles. The quantitative estimate of drug-likeness (QED) is 0.683. The topological polar surface area (TPSA) is 0 Å². The lowest BCUT2D eigenvalue weighted by Gasteiger charge is -2.02. The Balaban J connectivity index is 2.49. The van der Waals surface area contributed by atoms with Gasteiger partial charge < -0.3 is 0 Å². The van der Waals surface area contributed by atoms with Crippen molar-refractivity contribution >= 4 is 11.6 Å². The fourth-order valence-corrected chi connectivity index (χ4v) is 1.44. The van der Waals surface area contributed by atoms with E-state index in [9.17, 15) is 8.78 Å². The summed E-state index contributed by atoms with van der Waals surface area (Å²) in [6.07, 6.45) is 0. The molecule has 0 fully saturated rings. The van der Waals surface area contributed by atoms with Crippen LogP contribution in [0, 0.1) is 17.7 Å². The first-order chi connectivity index (χ1) is 7.15. The molecule has 0 saturated heterocycles. The Morgan fingerprint density at radius 3 is 1.93 bits per heavy atom. The molecule has 0 atom stereocenters. The lowest BCUT2D eigenvalue weighted by atomic mass is 10.1. The van der Waals surface area contributed by atoms with Gasteiger partial charge in [-0.25, -0.2) is 8.78 Å². The van der Waals surface area contributed by atoms with Crippen LogP contribution in [0.5, 0.6) is 0 Å². The number of rotatable bonds is 1. The van der Waals surface area contributed by atoms with Gasteiger partial charge in [0.05, 0.1) is 6.07 Å². The standard InChI is InChI=1S/C12H6ClF2/c13-10-3-1-8(2-4-10)9-5-11(14)7-12(15)6-9/h1-6H. The zero-order valence-corrected chi connectivity index (χ0v) is 8.35. The van der Waals surface area contributed by atoms with E-state index < -0.39 is 11.6 Å². The van der Waals surface area contributed by atoms with Crippen LogP contribution in [0.1, 0.15) is 0 Å². The van der Waals surface area contributed by atoms with Crippen LogP contribution in [-0.4, -0.2) is 0 Å². The summed E-state index contributed by atoms with van der Waals surface area (Å²) in [7, 11) is 0. The predicted octanol–water partition coefficient (Wildman–Crippen LogP) is 4.09. The molecule has 0 saturated carbocycles. The van der Waals surface area contributed by atoms with E-state index in [0.29, 0.717) is 16.1 Å². The molecule has 0 aliphatic carbocycles. The summed E-state index contributed by atoms with van der Waals surface area (Å²) >= 11 is 5.71. The fourth-order valence-electron chi connectivity index (χ4n) is 1.31. The first kappa shape index (κ1) is 10.1. The van der Waals surface area contributed by atoms with Crippen molar-refractivity contribution in [1.29, 1.82) is 0 Å². The molecule has 15 heavy (non-hydrogen) atoms. The second kappa shape index (κ2) is 3.99. The van der Waals surface area contributed by atoms with E-state index >= 15 is 0 Å². The average molecular weight is 224 g/mol. The SMILES string of the molecule is Fc1[c]c(F)cc(-c2ccc(Cl)cc2)c1. The molecule has 0 N–H and O–H groups in total. The molecule has 0 heterocycles. The number of halogens is 3. The Hall–Kier alpha value is -1.41. The van der Waals surface area contributed by atoms with Gasteiger partial charge in [0, 0.05) is 5.02 Å². The molecule has 0 nitrogen and oxygen atoms in total. The normalized spacial score (nSPS) is 10.3. The van der Waals surface area contributed by atoms with Gasteiger partial charge in [0.1, 0.15) is 11.6 Å². The summed E-state index contributed by atoms with van der Waals surface area (Å²) in [6, 6.07) is 11.1. The number of hydrogen-bond acceptors (Lipinski definition) is 0. The average Bonchev–Trinajstić information content (AvgIpc) is 2.17. The number of benzene rings is 2. The minimum absolute atomic E-state index is 0.473. The van der Waals surface area contributed by atoms with Gasteiger partial charge in [0.2, 0.25) is 0 Å². The minimum Gasteiger partial charge on any atom is -0.206 e. The van der Waals surface area contributed by atoms with Gasteiger partial charge in [-0.05, 0) is 35.4 Å². The maximum atomic E-state index is 12.9. The van der Waals surface area contributed by atoms with E-state index in [2.05, 4.69) is 0 Å². The first-order valence-electron chi connectivity index (χ1n) is 4.29. The molecule has 0 spiro atoms. The van der Waals surface area contributed by atoms with Gasteiger partial charge in [0.25, 0.3) is 0 Å². The van der Waals surface area contributed by atoms with E-state index in [1.165, 1.54) is 12.1 Å². The van der Waals surface area contributed by atoms with Crippen molar-refractivity contribution in [2.45, 2.75) is 0 Å². The van der Waals surface area contributed by atoms with Crippen LogP contribution in [0.15, 0.2) is 36.4 Å². The zero-order chi connectivity index (χ0) is 10.8. The van der Waals surface area contributed by atoms with Crippen LogP contribution in [0.3, 0.4) is 0 Å². The molecular formula is C12H6ClF2. The van der Waals surface area contributed by atoms with Crippen LogP contribution in [0.25, 0.3) is 11.1 Å². The number of hydrogen-bond donors (Lipinski definition) is 0. The molecule has 3 heteroatoms. The van der Waals surface area contributed by atoms with Crippen LogP contribution in [0.4, 0.5) is 8.78 Å². The highest BCUT2D eigenvalue weighted by atomic mass is 35.5. The van der Waals surface area contributed by atoms with Gasteiger partial charge in [-0.3, -0.25) is 0 Å². The van der Waals surface area contributed by atoms with Gasteiger partial charge in [-0.2, -0.15) is 0 Å². The summed E-state index contributed by atoms with van der Waals surface area (Å²) in [5.74, 6) is -1.42. The van der Waals surface area contributed by atoms with E-state index in [0.717, 1.165) is 0 Å². The van der Waals surface area contributed by atoms with Crippen molar-refractivity contribution in [3.05, 3.63) is 59.1 Å². The maximum Gasteiger partial charge on any atom is 0.134 e. The monoisotopic (exact) mass is 223 g/mol. The zero-order valence-electron chi connectivity index (χ0n) is 7.60. The molecule has 0 bridgehead atoms. The summed E-state index contributed by atoms with van der Waals surface area (Å²) in [6.45, 7) is 0. The summed E-state index contributed by atoms with van der Waals surface area (Å²) < 4.78 is 25.7. The molecule has 0 amide bonds.